The second kappa shape index (κ2) is 6.74. The molecular formula is C19H28O2. The molecule has 0 bridgehead atoms. The zero-order valence-electron chi connectivity index (χ0n) is 14.0. The van der Waals surface area contributed by atoms with Gasteiger partial charge in [0.15, 0.2) is 5.78 Å². The van der Waals surface area contributed by atoms with Crippen molar-refractivity contribution in [3.63, 3.8) is 0 Å². The monoisotopic (exact) mass is 288 g/mol. The predicted octanol–water partition coefficient (Wildman–Crippen LogP) is 4.64. The Morgan fingerprint density at radius 1 is 1.05 bits per heavy atom. The van der Waals surface area contributed by atoms with Gasteiger partial charge in [-0.15, -0.1) is 0 Å². The smallest absolute Gasteiger partial charge is 0.188 e. The number of carbonyl (C=O) groups is 1. The molecule has 1 aliphatic carbocycles. The van der Waals surface area contributed by atoms with Crippen LogP contribution in [-0.2, 0) is 4.74 Å². The maximum Gasteiger partial charge on any atom is 0.188 e. The molecule has 2 nitrogen and oxygen atoms in total. The van der Waals surface area contributed by atoms with Gasteiger partial charge in [0.05, 0.1) is 6.10 Å². The number of ether oxygens (including phenoxy) is 1. The first kappa shape index (κ1) is 16.2. The third-order valence-electron chi connectivity index (χ3n) is 5.14. The predicted molar refractivity (Wildman–Crippen MR) is 86.9 cm³/mol. The molecule has 1 aromatic carbocycles. The number of hydrogen-bond donors (Lipinski definition) is 0. The molecule has 0 radical (unpaired) electrons. The first-order valence-corrected chi connectivity index (χ1v) is 8.11. The summed E-state index contributed by atoms with van der Waals surface area (Å²) < 4.78 is 5.89. The van der Waals surface area contributed by atoms with Crippen LogP contribution in [0.2, 0.25) is 0 Å². The third-order valence-corrected chi connectivity index (χ3v) is 5.14. The van der Waals surface area contributed by atoms with Crippen molar-refractivity contribution in [3.8, 4) is 0 Å². The first-order chi connectivity index (χ1) is 9.88. The summed E-state index contributed by atoms with van der Waals surface area (Å²) in [6, 6.07) is 4.09. The van der Waals surface area contributed by atoms with Crippen molar-refractivity contribution >= 4 is 5.78 Å². The van der Waals surface area contributed by atoms with Gasteiger partial charge in [-0.1, -0.05) is 19.9 Å². The van der Waals surface area contributed by atoms with E-state index in [-0.39, 0.29) is 18.5 Å². The zero-order valence-corrected chi connectivity index (χ0v) is 14.0. The van der Waals surface area contributed by atoms with E-state index in [2.05, 4.69) is 33.8 Å². The van der Waals surface area contributed by atoms with Crippen molar-refractivity contribution < 1.29 is 9.53 Å². The topological polar surface area (TPSA) is 26.3 Å². The Labute approximate surface area is 128 Å². The van der Waals surface area contributed by atoms with Gasteiger partial charge in [-0.05, 0) is 74.6 Å². The molecular weight excluding hydrogens is 260 g/mol. The lowest BCUT2D eigenvalue weighted by atomic mass is 9.80. The van der Waals surface area contributed by atoms with Crippen LogP contribution in [0.1, 0.15) is 60.2 Å². The highest BCUT2D eigenvalue weighted by Crippen LogP contribution is 2.31. The van der Waals surface area contributed by atoms with Crippen LogP contribution >= 0.6 is 0 Å². The fourth-order valence-corrected chi connectivity index (χ4v) is 3.18. The van der Waals surface area contributed by atoms with Gasteiger partial charge in [0.1, 0.15) is 6.61 Å². The average Bonchev–Trinajstić information content (AvgIpc) is 2.44. The molecule has 0 heterocycles. The van der Waals surface area contributed by atoms with Crippen LogP contribution in [0.4, 0.5) is 0 Å². The van der Waals surface area contributed by atoms with E-state index in [1.807, 2.05) is 13.0 Å². The molecule has 1 aliphatic rings. The van der Waals surface area contributed by atoms with Gasteiger partial charge in [-0.25, -0.2) is 0 Å². The summed E-state index contributed by atoms with van der Waals surface area (Å²) in [7, 11) is 0. The molecule has 2 rings (SSSR count). The van der Waals surface area contributed by atoms with E-state index in [1.165, 1.54) is 17.5 Å². The number of hydrogen-bond acceptors (Lipinski definition) is 2. The van der Waals surface area contributed by atoms with Gasteiger partial charge >= 0.3 is 0 Å². The minimum absolute atomic E-state index is 0.113. The van der Waals surface area contributed by atoms with Crippen molar-refractivity contribution in [1.29, 1.82) is 0 Å². The molecule has 1 saturated carbocycles. The third kappa shape index (κ3) is 3.94. The Kier molecular flexibility index (Phi) is 5.21. The normalized spacial score (nSPS) is 25.9. The van der Waals surface area contributed by atoms with E-state index in [9.17, 15) is 4.79 Å². The SMILES string of the molecule is Cc1cc(C)c(C(=O)COC2CCC(C)C(C)C2)cc1C. The Balaban J connectivity index is 1.95. The molecule has 3 atom stereocenters. The van der Waals surface area contributed by atoms with E-state index in [0.29, 0.717) is 5.92 Å². The molecule has 116 valence electrons. The number of rotatable bonds is 4. The average molecular weight is 288 g/mol. The summed E-state index contributed by atoms with van der Waals surface area (Å²) in [6.07, 6.45) is 3.64. The minimum atomic E-state index is 0.113. The van der Waals surface area contributed by atoms with Crippen LogP contribution < -0.4 is 0 Å². The number of ketones is 1. The summed E-state index contributed by atoms with van der Waals surface area (Å²) in [5.41, 5.74) is 4.27. The van der Waals surface area contributed by atoms with Gasteiger partial charge < -0.3 is 4.74 Å². The van der Waals surface area contributed by atoms with E-state index in [1.54, 1.807) is 0 Å². The summed E-state index contributed by atoms with van der Waals surface area (Å²) >= 11 is 0. The standard InChI is InChI=1S/C19H28O2/c1-12-6-7-17(9-14(12)3)21-11-19(20)18-10-15(4)13(2)8-16(18)5/h8,10,12,14,17H,6-7,9,11H2,1-5H3. The second-order valence-corrected chi connectivity index (χ2v) is 6.88. The van der Waals surface area contributed by atoms with Crippen molar-refractivity contribution in [1.82, 2.24) is 0 Å². The highest BCUT2D eigenvalue weighted by molar-refractivity contribution is 5.98. The molecule has 0 saturated heterocycles. The fraction of sp³-hybridized carbons (Fsp3) is 0.632. The number of Topliss-reactive ketones (excluding diaryl/α,β-unsaturated/α-hetero) is 1. The number of carbonyl (C=O) groups excluding carboxylic acids is 1. The molecule has 21 heavy (non-hydrogen) atoms. The number of aryl methyl sites for hydroxylation is 3. The summed E-state index contributed by atoms with van der Waals surface area (Å²) in [6.45, 7) is 11.0. The highest BCUT2D eigenvalue weighted by atomic mass is 16.5. The van der Waals surface area contributed by atoms with Gasteiger partial charge in [-0.3, -0.25) is 4.79 Å². The molecule has 0 amide bonds. The minimum Gasteiger partial charge on any atom is -0.370 e. The van der Waals surface area contributed by atoms with Gasteiger partial charge in [0.2, 0.25) is 0 Å². The summed E-state index contributed by atoms with van der Waals surface area (Å²) in [4.78, 5) is 12.4. The van der Waals surface area contributed by atoms with E-state index < -0.39 is 0 Å². The lowest BCUT2D eigenvalue weighted by molar-refractivity contribution is 0.00705. The van der Waals surface area contributed by atoms with Gasteiger partial charge in [-0.2, -0.15) is 0 Å². The summed E-state index contributed by atoms with van der Waals surface area (Å²) in [5, 5.41) is 0. The van der Waals surface area contributed by atoms with E-state index >= 15 is 0 Å². The van der Waals surface area contributed by atoms with Crippen molar-refractivity contribution in [2.24, 2.45) is 11.8 Å². The van der Waals surface area contributed by atoms with E-state index in [0.717, 1.165) is 29.9 Å². The molecule has 1 fully saturated rings. The molecule has 3 unspecified atom stereocenters. The maximum absolute atomic E-state index is 12.4. The van der Waals surface area contributed by atoms with Crippen molar-refractivity contribution in [2.75, 3.05) is 6.61 Å². The quantitative estimate of drug-likeness (QED) is 0.755. The highest BCUT2D eigenvalue weighted by Gasteiger charge is 2.25. The van der Waals surface area contributed by atoms with Crippen LogP contribution in [0.5, 0.6) is 0 Å². The van der Waals surface area contributed by atoms with Crippen LogP contribution in [0, 0.1) is 32.6 Å². The Bertz CT molecular complexity index is 519. The van der Waals surface area contributed by atoms with Crippen LogP contribution in [0.25, 0.3) is 0 Å². The second-order valence-electron chi connectivity index (χ2n) is 6.88. The maximum atomic E-state index is 12.4. The van der Waals surface area contributed by atoms with Crippen LogP contribution in [0.15, 0.2) is 12.1 Å². The lowest BCUT2D eigenvalue weighted by Crippen LogP contribution is -2.28. The lowest BCUT2D eigenvalue weighted by Gasteiger charge is -2.31. The van der Waals surface area contributed by atoms with E-state index in [4.69, 9.17) is 4.74 Å². The Hall–Kier alpha value is -1.15. The zero-order chi connectivity index (χ0) is 15.6. The first-order valence-electron chi connectivity index (χ1n) is 8.11. The molecule has 0 N–H and O–H groups in total. The molecule has 2 heteroatoms. The number of benzene rings is 1. The van der Waals surface area contributed by atoms with Crippen LogP contribution in [-0.4, -0.2) is 18.5 Å². The van der Waals surface area contributed by atoms with Gasteiger partial charge in [0.25, 0.3) is 0 Å². The largest absolute Gasteiger partial charge is 0.370 e. The van der Waals surface area contributed by atoms with Crippen molar-refractivity contribution in [2.45, 2.75) is 60.0 Å². The Morgan fingerprint density at radius 3 is 2.38 bits per heavy atom. The molecule has 0 spiro atoms. The molecule has 0 aromatic heterocycles. The van der Waals surface area contributed by atoms with Gasteiger partial charge in [0, 0.05) is 5.56 Å². The fourth-order valence-electron chi connectivity index (χ4n) is 3.18. The van der Waals surface area contributed by atoms with Crippen molar-refractivity contribution in [3.05, 3.63) is 34.4 Å². The Morgan fingerprint density at radius 2 is 1.71 bits per heavy atom. The molecule has 0 aliphatic heterocycles. The summed E-state index contributed by atoms with van der Waals surface area (Å²) in [5.74, 6) is 1.59. The molecule has 1 aromatic rings. The van der Waals surface area contributed by atoms with Crippen LogP contribution in [0.3, 0.4) is 0 Å².